The molecule has 0 fully saturated rings. The summed E-state index contributed by atoms with van der Waals surface area (Å²) in [6.07, 6.45) is 8.77. The largest absolute Gasteiger partial charge is 0.506 e. The van der Waals surface area contributed by atoms with Gasteiger partial charge in [-0.25, -0.2) is 4.98 Å². The van der Waals surface area contributed by atoms with E-state index in [1.807, 2.05) is 23.1 Å². The zero-order valence-corrected chi connectivity index (χ0v) is 27.4. The maximum Gasteiger partial charge on any atom is 0.253 e. The van der Waals surface area contributed by atoms with E-state index in [1.54, 1.807) is 24.3 Å². The van der Waals surface area contributed by atoms with Crippen LogP contribution < -0.4 is 0 Å². The van der Waals surface area contributed by atoms with Gasteiger partial charge in [-0.15, -0.1) is 0 Å². The Bertz CT molecular complexity index is 1500. The van der Waals surface area contributed by atoms with Crippen LogP contribution in [0.25, 0.3) is 22.2 Å². The molecule has 0 radical (unpaired) electrons. The van der Waals surface area contributed by atoms with Crippen molar-refractivity contribution in [1.82, 2.24) is 9.88 Å². The second-order valence-electron chi connectivity index (χ2n) is 12.8. The molecule has 2 N–H and O–H groups in total. The minimum Gasteiger partial charge on any atom is -0.506 e. The van der Waals surface area contributed by atoms with Crippen molar-refractivity contribution in [2.24, 2.45) is 11.8 Å². The van der Waals surface area contributed by atoms with Gasteiger partial charge in [0.25, 0.3) is 5.91 Å². The number of benzene rings is 2. The average molecular weight is 599 g/mol. The first-order valence-electron chi connectivity index (χ1n) is 16.7. The van der Waals surface area contributed by atoms with Crippen LogP contribution in [-0.2, 0) is 0 Å². The normalized spacial score (nSPS) is 14.4. The van der Waals surface area contributed by atoms with Gasteiger partial charge in [-0.05, 0) is 72.6 Å². The molecule has 0 saturated heterocycles. The van der Waals surface area contributed by atoms with E-state index < -0.39 is 5.78 Å². The summed E-state index contributed by atoms with van der Waals surface area (Å²) in [4.78, 5) is 34.3. The summed E-state index contributed by atoms with van der Waals surface area (Å²) >= 11 is 0. The molecule has 1 amide bonds. The molecular formula is C38H50N2O4. The van der Waals surface area contributed by atoms with E-state index in [1.165, 1.54) is 0 Å². The lowest BCUT2D eigenvalue weighted by Crippen LogP contribution is -2.39. The Labute approximate surface area is 263 Å². The molecule has 4 rings (SSSR count). The van der Waals surface area contributed by atoms with Gasteiger partial charge >= 0.3 is 0 Å². The van der Waals surface area contributed by atoms with E-state index >= 15 is 0 Å². The number of aromatic hydroxyl groups is 1. The third-order valence-electron chi connectivity index (χ3n) is 9.28. The van der Waals surface area contributed by atoms with Gasteiger partial charge in [0, 0.05) is 35.2 Å². The van der Waals surface area contributed by atoms with E-state index in [0.29, 0.717) is 53.1 Å². The number of fused-ring (bicyclic) bond motifs is 2. The quantitative estimate of drug-likeness (QED) is 0.182. The molecule has 2 unspecified atom stereocenters. The predicted octanol–water partition coefficient (Wildman–Crippen LogP) is 9.56. The Morgan fingerprint density at radius 1 is 0.841 bits per heavy atom. The van der Waals surface area contributed by atoms with Crippen LogP contribution in [0.2, 0.25) is 0 Å². The van der Waals surface area contributed by atoms with Crippen LogP contribution >= 0.6 is 0 Å². The standard InChI is InChI=1S/C38H50N2O4/c1-7-11-13-25(9-3)22-40(23-26(10-4)14-12-8-2)38(44)28-15-17-30-31(20-28)37(43)34(36(30)42)35-33(41)21-29-19-27(24(5)6)16-18-32(29)39-35/h15-21,24-26,41,43H,7-14,22-23H2,1-6H3. The Hall–Kier alpha value is -3.67. The zero-order chi connectivity index (χ0) is 32.0. The SMILES string of the molecule is CCCCC(CC)CN(CC(CC)CCCC)C(=O)c1ccc2c(c1)C(O)=C(c1nc3ccc(C(C)C)cc3cc1O)C2=O. The van der Waals surface area contributed by atoms with Crippen LogP contribution in [0.5, 0.6) is 5.75 Å². The number of Topliss-reactive ketones (excluding diaryl/α,β-unsaturated/α-hetero) is 1. The van der Waals surface area contributed by atoms with E-state index in [9.17, 15) is 19.8 Å². The number of carbonyl (C=O) groups is 2. The smallest absolute Gasteiger partial charge is 0.253 e. The molecule has 0 spiro atoms. The summed E-state index contributed by atoms with van der Waals surface area (Å²) in [7, 11) is 0. The fourth-order valence-corrected chi connectivity index (χ4v) is 6.28. The number of amides is 1. The van der Waals surface area contributed by atoms with Gasteiger partial charge in [0.2, 0.25) is 0 Å². The Morgan fingerprint density at radius 3 is 2.05 bits per heavy atom. The number of ketones is 1. The topological polar surface area (TPSA) is 90.7 Å². The van der Waals surface area contributed by atoms with Crippen molar-refractivity contribution < 1.29 is 19.8 Å². The maximum atomic E-state index is 14.1. The number of aliphatic hydroxyl groups is 1. The number of allylic oxidation sites excluding steroid dienone is 1. The van der Waals surface area contributed by atoms with E-state index in [2.05, 4.69) is 46.5 Å². The predicted molar refractivity (Wildman–Crippen MR) is 180 cm³/mol. The molecule has 3 aromatic rings. The van der Waals surface area contributed by atoms with Gasteiger partial charge < -0.3 is 15.1 Å². The summed E-state index contributed by atoms with van der Waals surface area (Å²) in [6, 6.07) is 12.4. The molecule has 44 heavy (non-hydrogen) atoms. The first kappa shape index (κ1) is 33.2. The molecule has 6 nitrogen and oxygen atoms in total. The third kappa shape index (κ3) is 7.17. The first-order chi connectivity index (χ1) is 21.1. The minimum atomic E-state index is -0.412. The van der Waals surface area contributed by atoms with E-state index in [0.717, 1.165) is 62.3 Å². The van der Waals surface area contributed by atoms with Crippen molar-refractivity contribution in [3.05, 3.63) is 70.4 Å². The molecule has 236 valence electrons. The number of nitrogens with zero attached hydrogens (tertiary/aromatic N) is 2. The number of aliphatic hydroxyl groups excluding tert-OH is 1. The first-order valence-corrected chi connectivity index (χ1v) is 16.7. The number of carbonyl (C=O) groups excluding carboxylic acids is 2. The Morgan fingerprint density at radius 2 is 1.48 bits per heavy atom. The van der Waals surface area contributed by atoms with Crippen molar-refractivity contribution in [2.45, 2.75) is 98.8 Å². The van der Waals surface area contributed by atoms with Crippen LogP contribution in [0.15, 0.2) is 42.5 Å². The van der Waals surface area contributed by atoms with Gasteiger partial charge in [0.05, 0.1) is 11.1 Å². The van der Waals surface area contributed by atoms with Crippen LogP contribution in [0.3, 0.4) is 0 Å². The highest BCUT2D eigenvalue weighted by molar-refractivity contribution is 6.39. The number of pyridine rings is 1. The summed E-state index contributed by atoms with van der Waals surface area (Å²) in [6.45, 7) is 14.4. The monoisotopic (exact) mass is 598 g/mol. The molecule has 1 heterocycles. The minimum absolute atomic E-state index is 0.0370. The molecule has 1 aliphatic carbocycles. The third-order valence-corrected chi connectivity index (χ3v) is 9.28. The fourth-order valence-electron chi connectivity index (χ4n) is 6.28. The van der Waals surface area contributed by atoms with Crippen molar-refractivity contribution in [1.29, 1.82) is 0 Å². The second kappa shape index (κ2) is 14.9. The number of hydrogen-bond acceptors (Lipinski definition) is 5. The molecule has 6 heteroatoms. The fraction of sp³-hybridized carbons (Fsp3) is 0.500. The summed E-state index contributed by atoms with van der Waals surface area (Å²) < 4.78 is 0. The molecule has 1 aromatic heterocycles. The van der Waals surface area contributed by atoms with Crippen molar-refractivity contribution in [3.63, 3.8) is 0 Å². The lowest BCUT2D eigenvalue weighted by Gasteiger charge is -2.31. The lowest BCUT2D eigenvalue weighted by atomic mass is 9.95. The number of aromatic nitrogens is 1. The molecule has 1 aliphatic rings. The highest BCUT2D eigenvalue weighted by atomic mass is 16.3. The van der Waals surface area contributed by atoms with E-state index in [-0.39, 0.29) is 28.7 Å². The lowest BCUT2D eigenvalue weighted by molar-refractivity contribution is 0.0684. The van der Waals surface area contributed by atoms with Crippen molar-refractivity contribution >= 4 is 33.9 Å². The van der Waals surface area contributed by atoms with Crippen LogP contribution in [0.1, 0.15) is 136 Å². The average Bonchev–Trinajstić information content (AvgIpc) is 3.27. The molecule has 0 bridgehead atoms. The summed E-state index contributed by atoms with van der Waals surface area (Å²) in [5.41, 5.74) is 2.83. The van der Waals surface area contributed by atoms with Crippen molar-refractivity contribution in [3.8, 4) is 5.75 Å². The van der Waals surface area contributed by atoms with Gasteiger partial charge in [0.1, 0.15) is 17.2 Å². The number of unbranched alkanes of at least 4 members (excludes halogenated alkanes) is 2. The molecule has 2 aromatic carbocycles. The molecular weight excluding hydrogens is 548 g/mol. The van der Waals surface area contributed by atoms with Gasteiger partial charge in [-0.2, -0.15) is 0 Å². The second-order valence-corrected chi connectivity index (χ2v) is 12.8. The zero-order valence-electron chi connectivity index (χ0n) is 27.4. The highest BCUT2D eigenvalue weighted by Crippen LogP contribution is 2.40. The molecule has 2 atom stereocenters. The van der Waals surface area contributed by atoms with Gasteiger partial charge in [-0.3, -0.25) is 9.59 Å². The van der Waals surface area contributed by atoms with Crippen LogP contribution in [-0.4, -0.2) is 44.9 Å². The molecule has 0 saturated carbocycles. The van der Waals surface area contributed by atoms with Crippen LogP contribution in [0.4, 0.5) is 0 Å². The van der Waals surface area contributed by atoms with Gasteiger partial charge in [-0.1, -0.05) is 86.1 Å². The number of rotatable bonds is 15. The Kier molecular flexibility index (Phi) is 11.2. The highest BCUT2D eigenvalue weighted by Gasteiger charge is 2.34. The summed E-state index contributed by atoms with van der Waals surface area (Å²) in [5, 5.41) is 23.1. The van der Waals surface area contributed by atoms with Gasteiger partial charge in [0.15, 0.2) is 5.78 Å². The Balaban J connectivity index is 1.69. The number of hydrogen-bond donors (Lipinski definition) is 2. The maximum absolute atomic E-state index is 14.1. The van der Waals surface area contributed by atoms with E-state index in [4.69, 9.17) is 0 Å². The van der Waals surface area contributed by atoms with Crippen LogP contribution in [0, 0.1) is 11.8 Å². The summed E-state index contributed by atoms with van der Waals surface area (Å²) in [5.74, 6) is 0.272. The molecule has 0 aliphatic heterocycles. The van der Waals surface area contributed by atoms with Crippen molar-refractivity contribution in [2.75, 3.05) is 13.1 Å².